The molecular formula is C13H16N2O4. The Labute approximate surface area is 110 Å². The third-order valence-corrected chi connectivity index (χ3v) is 3.38. The van der Waals surface area contributed by atoms with Crippen molar-refractivity contribution in [2.24, 2.45) is 0 Å². The molecule has 3 N–H and O–H groups in total. The van der Waals surface area contributed by atoms with Gasteiger partial charge in [0.05, 0.1) is 6.04 Å². The number of ether oxygens (including phenoxy) is 2. The van der Waals surface area contributed by atoms with E-state index in [4.69, 9.17) is 9.47 Å². The molecule has 102 valence electrons. The molecule has 2 aliphatic heterocycles. The van der Waals surface area contributed by atoms with Crippen LogP contribution in [0.3, 0.4) is 0 Å². The van der Waals surface area contributed by atoms with Crippen LogP contribution in [0.15, 0.2) is 18.2 Å². The van der Waals surface area contributed by atoms with Gasteiger partial charge in [0.1, 0.15) is 19.3 Å². The van der Waals surface area contributed by atoms with E-state index in [0.29, 0.717) is 31.3 Å². The molecule has 1 fully saturated rings. The minimum absolute atomic E-state index is 0.262. The summed E-state index contributed by atoms with van der Waals surface area (Å²) in [6, 6.07) is 4.68. The lowest BCUT2D eigenvalue weighted by atomic mass is 9.97. The molecule has 0 aliphatic carbocycles. The van der Waals surface area contributed by atoms with E-state index in [0.717, 1.165) is 12.1 Å². The molecule has 6 nitrogen and oxygen atoms in total. The number of hydrogen-bond acceptors (Lipinski definition) is 5. The van der Waals surface area contributed by atoms with Crippen molar-refractivity contribution in [2.75, 3.05) is 26.3 Å². The van der Waals surface area contributed by atoms with E-state index in [9.17, 15) is 9.90 Å². The fourth-order valence-corrected chi connectivity index (χ4v) is 2.48. The number of aliphatic carboxylic acids is 1. The van der Waals surface area contributed by atoms with Gasteiger partial charge in [-0.15, -0.1) is 0 Å². The minimum Gasteiger partial charge on any atom is -0.486 e. The smallest absolute Gasteiger partial charge is 0.322 e. The SMILES string of the molecule is O=C(O)C1NCCNC1c1ccc2c(c1)OCCO2. The Hall–Kier alpha value is -1.79. The average Bonchev–Trinajstić information content (AvgIpc) is 2.46. The van der Waals surface area contributed by atoms with Crippen molar-refractivity contribution in [3.8, 4) is 11.5 Å². The molecule has 0 radical (unpaired) electrons. The Bertz CT molecular complexity index is 492. The maximum absolute atomic E-state index is 11.3. The molecule has 6 heteroatoms. The van der Waals surface area contributed by atoms with Crippen LogP contribution < -0.4 is 20.1 Å². The van der Waals surface area contributed by atoms with E-state index in [1.54, 1.807) is 0 Å². The minimum atomic E-state index is -0.855. The molecule has 0 aromatic heterocycles. The standard InChI is InChI=1S/C13H16N2O4/c16-13(17)12-11(14-3-4-15-12)8-1-2-9-10(7-8)19-6-5-18-9/h1-2,7,11-12,14-15H,3-6H2,(H,16,17). The molecule has 2 aliphatic rings. The van der Waals surface area contributed by atoms with E-state index in [-0.39, 0.29) is 6.04 Å². The van der Waals surface area contributed by atoms with Crippen LogP contribution in [0.4, 0.5) is 0 Å². The van der Waals surface area contributed by atoms with Crippen LogP contribution in [0.5, 0.6) is 11.5 Å². The molecule has 2 atom stereocenters. The predicted octanol–water partition coefficient (Wildman–Crippen LogP) is 0.145. The summed E-state index contributed by atoms with van der Waals surface area (Å²) >= 11 is 0. The van der Waals surface area contributed by atoms with Gasteiger partial charge in [-0.3, -0.25) is 4.79 Å². The lowest BCUT2D eigenvalue weighted by Crippen LogP contribution is -2.54. The maximum atomic E-state index is 11.3. The monoisotopic (exact) mass is 264 g/mol. The highest BCUT2D eigenvalue weighted by Crippen LogP contribution is 2.33. The summed E-state index contributed by atoms with van der Waals surface area (Å²) in [4.78, 5) is 11.3. The van der Waals surface area contributed by atoms with Crippen molar-refractivity contribution in [3.05, 3.63) is 23.8 Å². The van der Waals surface area contributed by atoms with Gasteiger partial charge in [0.2, 0.25) is 0 Å². The molecule has 0 amide bonds. The summed E-state index contributed by atoms with van der Waals surface area (Å²) in [5.41, 5.74) is 0.892. The molecule has 19 heavy (non-hydrogen) atoms. The number of carbonyl (C=O) groups is 1. The van der Waals surface area contributed by atoms with E-state index < -0.39 is 12.0 Å². The largest absolute Gasteiger partial charge is 0.486 e. The number of carboxylic acids is 1. The van der Waals surface area contributed by atoms with Crippen LogP contribution in [-0.2, 0) is 4.79 Å². The van der Waals surface area contributed by atoms with Crippen molar-refractivity contribution >= 4 is 5.97 Å². The summed E-state index contributed by atoms with van der Waals surface area (Å²) in [6.07, 6.45) is 0. The highest BCUT2D eigenvalue weighted by molar-refractivity contribution is 5.75. The van der Waals surface area contributed by atoms with Gasteiger partial charge in [0.15, 0.2) is 11.5 Å². The lowest BCUT2D eigenvalue weighted by molar-refractivity contribution is -0.140. The number of carboxylic acid groups (broad SMARTS) is 1. The first-order valence-electron chi connectivity index (χ1n) is 6.35. The maximum Gasteiger partial charge on any atom is 0.322 e. The fourth-order valence-electron chi connectivity index (χ4n) is 2.48. The third-order valence-electron chi connectivity index (χ3n) is 3.38. The first-order chi connectivity index (χ1) is 9.25. The summed E-state index contributed by atoms with van der Waals surface area (Å²) < 4.78 is 11.0. The van der Waals surface area contributed by atoms with Gasteiger partial charge in [0.25, 0.3) is 0 Å². The summed E-state index contributed by atoms with van der Waals surface area (Å²) in [7, 11) is 0. The van der Waals surface area contributed by atoms with Crippen LogP contribution in [0.25, 0.3) is 0 Å². The van der Waals surface area contributed by atoms with Gasteiger partial charge in [-0.2, -0.15) is 0 Å². The average molecular weight is 264 g/mol. The van der Waals surface area contributed by atoms with Crippen LogP contribution >= 0.6 is 0 Å². The molecular weight excluding hydrogens is 248 g/mol. The number of benzene rings is 1. The Kier molecular flexibility index (Phi) is 3.27. The van der Waals surface area contributed by atoms with E-state index >= 15 is 0 Å². The second kappa shape index (κ2) is 5.07. The Morgan fingerprint density at radius 2 is 1.89 bits per heavy atom. The number of fused-ring (bicyclic) bond motifs is 1. The highest BCUT2D eigenvalue weighted by Gasteiger charge is 2.32. The van der Waals surface area contributed by atoms with Gasteiger partial charge < -0.3 is 25.2 Å². The number of hydrogen-bond donors (Lipinski definition) is 3. The van der Waals surface area contributed by atoms with Crippen LogP contribution in [0.1, 0.15) is 11.6 Å². The quantitative estimate of drug-likeness (QED) is 0.705. The molecule has 1 saturated heterocycles. The third kappa shape index (κ3) is 2.36. The molecule has 0 saturated carbocycles. The van der Waals surface area contributed by atoms with Gasteiger partial charge in [-0.05, 0) is 17.7 Å². The zero-order valence-electron chi connectivity index (χ0n) is 10.4. The first-order valence-corrected chi connectivity index (χ1v) is 6.35. The Morgan fingerprint density at radius 3 is 2.68 bits per heavy atom. The normalized spacial score (nSPS) is 25.9. The van der Waals surface area contributed by atoms with Crippen molar-refractivity contribution in [1.29, 1.82) is 0 Å². The second-order valence-corrected chi connectivity index (χ2v) is 4.60. The van der Waals surface area contributed by atoms with Crippen molar-refractivity contribution in [2.45, 2.75) is 12.1 Å². The topological polar surface area (TPSA) is 79.8 Å². The predicted molar refractivity (Wildman–Crippen MR) is 67.6 cm³/mol. The fraction of sp³-hybridized carbons (Fsp3) is 0.462. The Balaban J connectivity index is 1.89. The molecule has 2 unspecified atom stereocenters. The van der Waals surface area contributed by atoms with Crippen molar-refractivity contribution < 1.29 is 19.4 Å². The number of rotatable bonds is 2. The molecule has 2 heterocycles. The van der Waals surface area contributed by atoms with Gasteiger partial charge >= 0.3 is 5.97 Å². The number of piperazine rings is 1. The summed E-state index contributed by atoms with van der Waals surface area (Å²) in [5, 5.41) is 15.5. The van der Waals surface area contributed by atoms with E-state index in [2.05, 4.69) is 10.6 Å². The van der Waals surface area contributed by atoms with Gasteiger partial charge in [-0.25, -0.2) is 0 Å². The zero-order chi connectivity index (χ0) is 13.2. The first kappa shape index (κ1) is 12.3. The van der Waals surface area contributed by atoms with Gasteiger partial charge in [0, 0.05) is 13.1 Å². The lowest BCUT2D eigenvalue weighted by Gasteiger charge is -2.31. The molecule has 0 spiro atoms. The van der Waals surface area contributed by atoms with Gasteiger partial charge in [-0.1, -0.05) is 6.07 Å². The van der Waals surface area contributed by atoms with Crippen LogP contribution in [0.2, 0.25) is 0 Å². The zero-order valence-corrected chi connectivity index (χ0v) is 10.4. The number of nitrogens with one attached hydrogen (secondary N) is 2. The van der Waals surface area contributed by atoms with Crippen LogP contribution in [-0.4, -0.2) is 43.4 Å². The highest BCUT2D eigenvalue weighted by atomic mass is 16.6. The van der Waals surface area contributed by atoms with E-state index in [1.165, 1.54) is 0 Å². The van der Waals surface area contributed by atoms with Crippen molar-refractivity contribution in [3.63, 3.8) is 0 Å². The summed E-state index contributed by atoms with van der Waals surface area (Å²) in [6.45, 7) is 2.46. The van der Waals surface area contributed by atoms with E-state index in [1.807, 2.05) is 18.2 Å². The Morgan fingerprint density at radius 1 is 1.16 bits per heavy atom. The molecule has 1 aromatic carbocycles. The molecule has 0 bridgehead atoms. The molecule has 1 aromatic rings. The second-order valence-electron chi connectivity index (χ2n) is 4.60. The molecule has 3 rings (SSSR count). The van der Waals surface area contributed by atoms with Crippen LogP contribution in [0, 0.1) is 0 Å². The summed E-state index contributed by atoms with van der Waals surface area (Å²) in [5.74, 6) is 0.540. The van der Waals surface area contributed by atoms with Crippen molar-refractivity contribution in [1.82, 2.24) is 10.6 Å².